The van der Waals surface area contributed by atoms with Gasteiger partial charge in [0.1, 0.15) is 0 Å². The molecular formula is C16H24N4O2. The van der Waals surface area contributed by atoms with Gasteiger partial charge in [-0.1, -0.05) is 6.07 Å². The minimum Gasteiger partial charge on any atom is -0.355 e. The van der Waals surface area contributed by atoms with E-state index in [1.54, 1.807) is 17.3 Å². The third-order valence-corrected chi connectivity index (χ3v) is 3.84. The monoisotopic (exact) mass is 304 g/mol. The molecule has 2 heterocycles. The quantitative estimate of drug-likeness (QED) is 0.779. The van der Waals surface area contributed by atoms with Crippen molar-refractivity contribution in [1.29, 1.82) is 0 Å². The molecule has 0 bridgehead atoms. The molecule has 1 aromatic heterocycles. The Bertz CT molecular complexity index is 504. The van der Waals surface area contributed by atoms with Gasteiger partial charge in [0.15, 0.2) is 0 Å². The number of pyridine rings is 1. The van der Waals surface area contributed by atoms with Crippen molar-refractivity contribution in [3.8, 4) is 0 Å². The number of carbonyl (C=O) groups is 2. The van der Waals surface area contributed by atoms with Crippen LogP contribution in [-0.2, 0) is 16.0 Å². The van der Waals surface area contributed by atoms with E-state index in [-0.39, 0.29) is 17.7 Å². The van der Waals surface area contributed by atoms with Gasteiger partial charge in [0.05, 0.1) is 5.92 Å². The standard InChI is InChI=1S/C16H24N4O2/c1-19(2)8-9-20-12-14(10-15(20)21)16(22)18-7-5-13-4-3-6-17-11-13/h3-4,6,11,14H,5,7-10,12H2,1-2H3,(H,18,22)/t14-/m1/s1. The Kier molecular flexibility index (Phi) is 5.89. The summed E-state index contributed by atoms with van der Waals surface area (Å²) in [7, 11) is 3.95. The number of hydrogen-bond acceptors (Lipinski definition) is 4. The lowest BCUT2D eigenvalue weighted by Crippen LogP contribution is -2.36. The molecule has 1 aliphatic heterocycles. The van der Waals surface area contributed by atoms with Crippen molar-refractivity contribution in [2.45, 2.75) is 12.8 Å². The fraction of sp³-hybridized carbons (Fsp3) is 0.562. The first-order chi connectivity index (χ1) is 10.6. The first-order valence-corrected chi connectivity index (χ1v) is 7.65. The third-order valence-electron chi connectivity index (χ3n) is 3.84. The lowest BCUT2D eigenvalue weighted by Gasteiger charge is -2.19. The number of aromatic nitrogens is 1. The lowest BCUT2D eigenvalue weighted by molar-refractivity contribution is -0.129. The summed E-state index contributed by atoms with van der Waals surface area (Å²) in [5.74, 6) is -0.164. The Hall–Kier alpha value is -1.95. The highest BCUT2D eigenvalue weighted by molar-refractivity contribution is 5.89. The van der Waals surface area contributed by atoms with E-state index in [4.69, 9.17) is 0 Å². The van der Waals surface area contributed by atoms with Gasteiger partial charge < -0.3 is 15.1 Å². The zero-order valence-corrected chi connectivity index (χ0v) is 13.3. The van der Waals surface area contributed by atoms with Crippen LogP contribution >= 0.6 is 0 Å². The van der Waals surface area contributed by atoms with Gasteiger partial charge in [0.25, 0.3) is 0 Å². The van der Waals surface area contributed by atoms with Crippen LogP contribution in [0.15, 0.2) is 24.5 Å². The lowest BCUT2D eigenvalue weighted by atomic mass is 10.1. The molecule has 22 heavy (non-hydrogen) atoms. The maximum Gasteiger partial charge on any atom is 0.225 e. The van der Waals surface area contributed by atoms with E-state index in [0.717, 1.165) is 18.5 Å². The summed E-state index contributed by atoms with van der Waals surface area (Å²) >= 11 is 0. The van der Waals surface area contributed by atoms with Gasteiger partial charge in [-0.25, -0.2) is 0 Å². The largest absolute Gasteiger partial charge is 0.355 e. The Morgan fingerprint density at radius 1 is 1.50 bits per heavy atom. The maximum absolute atomic E-state index is 12.1. The molecule has 1 atom stereocenters. The first kappa shape index (κ1) is 16.4. The Morgan fingerprint density at radius 3 is 3.00 bits per heavy atom. The van der Waals surface area contributed by atoms with Crippen LogP contribution in [0.2, 0.25) is 0 Å². The van der Waals surface area contributed by atoms with Gasteiger partial charge >= 0.3 is 0 Å². The van der Waals surface area contributed by atoms with Gasteiger partial charge in [-0.15, -0.1) is 0 Å². The summed E-state index contributed by atoms with van der Waals surface area (Å²) in [5.41, 5.74) is 1.10. The topological polar surface area (TPSA) is 65.5 Å². The number of nitrogens with one attached hydrogen (secondary N) is 1. The van der Waals surface area contributed by atoms with Crippen molar-refractivity contribution in [1.82, 2.24) is 20.1 Å². The van der Waals surface area contributed by atoms with E-state index in [2.05, 4.69) is 10.3 Å². The molecule has 0 aliphatic carbocycles. The highest BCUT2D eigenvalue weighted by atomic mass is 16.2. The van der Waals surface area contributed by atoms with Gasteiger partial charge in [-0.2, -0.15) is 0 Å². The summed E-state index contributed by atoms with van der Waals surface area (Å²) in [6, 6.07) is 3.87. The van der Waals surface area contributed by atoms with Gasteiger partial charge in [-0.05, 0) is 32.1 Å². The molecule has 0 saturated carbocycles. The molecule has 0 unspecified atom stereocenters. The summed E-state index contributed by atoms with van der Waals surface area (Å²) in [6.45, 7) is 2.62. The van der Waals surface area contributed by atoms with E-state index in [0.29, 0.717) is 26.1 Å². The highest BCUT2D eigenvalue weighted by Gasteiger charge is 2.33. The van der Waals surface area contributed by atoms with Crippen LogP contribution in [0, 0.1) is 5.92 Å². The molecule has 120 valence electrons. The van der Waals surface area contributed by atoms with Crippen molar-refractivity contribution >= 4 is 11.8 Å². The molecule has 2 rings (SSSR count). The summed E-state index contributed by atoms with van der Waals surface area (Å²) in [4.78, 5) is 31.9. The van der Waals surface area contributed by atoms with Gasteiger partial charge in [0.2, 0.25) is 11.8 Å². The molecule has 6 heteroatoms. The number of amides is 2. The van der Waals surface area contributed by atoms with Crippen molar-refractivity contribution < 1.29 is 9.59 Å². The molecule has 1 fully saturated rings. The average molecular weight is 304 g/mol. The van der Waals surface area contributed by atoms with Crippen molar-refractivity contribution in [3.05, 3.63) is 30.1 Å². The minimum atomic E-state index is -0.219. The molecule has 6 nitrogen and oxygen atoms in total. The third kappa shape index (κ3) is 4.80. The Balaban J connectivity index is 1.73. The van der Waals surface area contributed by atoms with Crippen molar-refractivity contribution in [2.24, 2.45) is 5.92 Å². The summed E-state index contributed by atoms with van der Waals surface area (Å²) < 4.78 is 0. The van der Waals surface area contributed by atoms with Crippen LogP contribution in [0.4, 0.5) is 0 Å². The highest BCUT2D eigenvalue weighted by Crippen LogP contribution is 2.17. The van der Waals surface area contributed by atoms with Crippen molar-refractivity contribution in [2.75, 3.05) is 40.3 Å². The number of likely N-dealkylation sites (N-methyl/N-ethyl adjacent to an activating group) is 1. The number of carbonyl (C=O) groups excluding carboxylic acids is 2. The van der Waals surface area contributed by atoms with E-state index >= 15 is 0 Å². The predicted octanol–water partition coefficient (Wildman–Crippen LogP) is 0.150. The summed E-state index contributed by atoms with van der Waals surface area (Å²) in [6.07, 6.45) is 4.61. The van der Waals surface area contributed by atoms with Crippen LogP contribution in [-0.4, -0.2) is 66.9 Å². The molecule has 1 saturated heterocycles. The van der Waals surface area contributed by atoms with Crippen LogP contribution < -0.4 is 5.32 Å². The Labute approximate surface area is 131 Å². The minimum absolute atomic E-state index is 0.0235. The number of rotatable bonds is 7. The zero-order valence-electron chi connectivity index (χ0n) is 13.3. The SMILES string of the molecule is CN(C)CCN1C[C@H](C(=O)NCCc2cccnc2)CC1=O. The second-order valence-corrected chi connectivity index (χ2v) is 5.95. The second kappa shape index (κ2) is 7.89. The average Bonchev–Trinajstić information content (AvgIpc) is 2.87. The van der Waals surface area contributed by atoms with Crippen LogP contribution in [0.25, 0.3) is 0 Å². The molecule has 0 spiro atoms. The molecule has 1 aromatic rings. The normalized spacial score (nSPS) is 18.0. The smallest absolute Gasteiger partial charge is 0.225 e. The predicted molar refractivity (Wildman–Crippen MR) is 84.2 cm³/mol. The van der Waals surface area contributed by atoms with Gasteiger partial charge in [0, 0.05) is 45.0 Å². The first-order valence-electron chi connectivity index (χ1n) is 7.65. The number of hydrogen-bond donors (Lipinski definition) is 1. The van der Waals surface area contributed by atoms with Gasteiger partial charge in [-0.3, -0.25) is 14.6 Å². The number of nitrogens with zero attached hydrogens (tertiary/aromatic N) is 3. The van der Waals surface area contributed by atoms with E-state index < -0.39 is 0 Å². The molecular weight excluding hydrogens is 280 g/mol. The Morgan fingerprint density at radius 2 is 2.32 bits per heavy atom. The fourth-order valence-electron chi connectivity index (χ4n) is 2.50. The van der Waals surface area contributed by atoms with Crippen LogP contribution in [0.5, 0.6) is 0 Å². The molecule has 2 amide bonds. The van der Waals surface area contributed by atoms with Crippen LogP contribution in [0.1, 0.15) is 12.0 Å². The molecule has 1 N–H and O–H groups in total. The fourth-order valence-corrected chi connectivity index (χ4v) is 2.50. The zero-order chi connectivity index (χ0) is 15.9. The molecule has 0 aromatic carbocycles. The van der Waals surface area contributed by atoms with Crippen molar-refractivity contribution in [3.63, 3.8) is 0 Å². The van der Waals surface area contributed by atoms with E-state index in [1.165, 1.54) is 0 Å². The van der Waals surface area contributed by atoms with E-state index in [9.17, 15) is 9.59 Å². The number of likely N-dealkylation sites (tertiary alicyclic amines) is 1. The van der Waals surface area contributed by atoms with E-state index in [1.807, 2.05) is 31.1 Å². The molecule has 0 radical (unpaired) electrons. The maximum atomic E-state index is 12.1. The second-order valence-electron chi connectivity index (χ2n) is 5.95. The molecule has 1 aliphatic rings. The summed E-state index contributed by atoms with van der Waals surface area (Å²) in [5, 5.41) is 2.92. The van der Waals surface area contributed by atoms with Crippen LogP contribution in [0.3, 0.4) is 0 Å².